The van der Waals surface area contributed by atoms with Crippen molar-refractivity contribution in [2.75, 3.05) is 40.8 Å². The van der Waals surface area contributed by atoms with Gasteiger partial charge < -0.3 is 10.2 Å². The summed E-state index contributed by atoms with van der Waals surface area (Å²) < 4.78 is 36.8. The first-order chi connectivity index (χ1) is 10.7. The normalized spacial score (nSPS) is 12.1. The highest BCUT2D eigenvalue weighted by Crippen LogP contribution is 2.15. The van der Waals surface area contributed by atoms with Crippen LogP contribution in [0.4, 0.5) is 13.2 Å². The lowest BCUT2D eigenvalue weighted by molar-refractivity contribution is -0.142. The van der Waals surface area contributed by atoms with Gasteiger partial charge in [0.2, 0.25) is 0 Å². The molecule has 138 valence electrons. The number of guanidine groups is 1. The number of hydrogen-bond donors (Lipinski definition) is 1. The van der Waals surface area contributed by atoms with Crippen molar-refractivity contribution in [1.82, 2.24) is 15.1 Å². The number of nitrogens with zero attached hydrogens (tertiary/aromatic N) is 3. The van der Waals surface area contributed by atoms with Crippen molar-refractivity contribution >= 4 is 41.5 Å². The van der Waals surface area contributed by atoms with E-state index in [-0.39, 0.29) is 30.5 Å². The Balaban J connectivity index is 0.00000529. The Morgan fingerprint density at radius 1 is 1.29 bits per heavy atom. The van der Waals surface area contributed by atoms with Gasteiger partial charge >= 0.3 is 6.18 Å². The molecule has 24 heavy (non-hydrogen) atoms. The molecular formula is C15H23ClF3IN4. The van der Waals surface area contributed by atoms with Crippen LogP contribution in [0, 0.1) is 0 Å². The van der Waals surface area contributed by atoms with Gasteiger partial charge in [-0.05, 0) is 24.7 Å². The topological polar surface area (TPSA) is 30.9 Å². The van der Waals surface area contributed by atoms with Crippen LogP contribution in [0.5, 0.6) is 0 Å². The zero-order valence-electron chi connectivity index (χ0n) is 13.9. The number of nitrogens with one attached hydrogen (secondary N) is 1. The smallest absolute Gasteiger partial charge is 0.355 e. The average Bonchev–Trinajstić information content (AvgIpc) is 2.41. The van der Waals surface area contributed by atoms with E-state index >= 15 is 0 Å². The molecule has 9 heteroatoms. The third-order valence-electron chi connectivity index (χ3n) is 3.11. The molecule has 0 fully saturated rings. The van der Waals surface area contributed by atoms with Crippen molar-refractivity contribution < 1.29 is 13.2 Å². The fourth-order valence-electron chi connectivity index (χ4n) is 2.11. The highest BCUT2D eigenvalue weighted by atomic mass is 127. The summed E-state index contributed by atoms with van der Waals surface area (Å²) in [6.45, 7) is 0.312. The van der Waals surface area contributed by atoms with E-state index in [0.29, 0.717) is 24.1 Å². The summed E-state index contributed by atoms with van der Waals surface area (Å²) in [7, 11) is 4.93. The quantitative estimate of drug-likeness (QED) is 0.386. The molecule has 4 nitrogen and oxygen atoms in total. The van der Waals surface area contributed by atoms with Gasteiger partial charge in [0.15, 0.2) is 5.96 Å². The zero-order valence-corrected chi connectivity index (χ0v) is 17.0. The van der Waals surface area contributed by atoms with Crippen molar-refractivity contribution in [2.45, 2.75) is 12.7 Å². The molecule has 1 rings (SSSR count). The summed E-state index contributed by atoms with van der Waals surface area (Å²) in [5.41, 5.74) is 1.03. The molecular weight excluding hydrogens is 456 g/mol. The van der Waals surface area contributed by atoms with E-state index in [2.05, 4.69) is 10.3 Å². The van der Waals surface area contributed by atoms with Crippen LogP contribution in [-0.2, 0) is 6.54 Å². The predicted octanol–water partition coefficient (Wildman–Crippen LogP) is 3.46. The van der Waals surface area contributed by atoms with Gasteiger partial charge in [0.1, 0.15) is 0 Å². The van der Waals surface area contributed by atoms with Crippen molar-refractivity contribution in [1.29, 1.82) is 0 Å². The van der Waals surface area contributed by atoms with Crippen LogP contribution in [0.25, 0.3) is 0 Å². The first kappa shape index (κ1) is 23.3. The highest BCUT2D eigenvalue weighted by Gasteiger charge is 2.28. The molecule has 1 aromatic rings. The van der Waals surface area contributed by atoms with Crippen LogP contribution in [0.15, 0.2) is 29.3 Å². The molecule has 0 heterocycles. The fourth-order valence-corrected chi connectivity index (χ4v) is 2.33. The molecule has 0 aliphatic heterocycles. The van der Waals surface area contributed by atoms with Crippen LogP contribution in [-0.4, -0.2) is 62.7 Å². The maximum atomic E-state index is 12.3. The Labute approximate surface area is 163 Å². The molecule has 0 saturated heterocycles. The van der Waals surface area contributed by atoms with Crippen molar-refractivity contribution in [3.63, 3.8) is 0 Å². The number of benzene rings is 1. The van der Waals surface area contributed by atoms with Gasteiger partial charge in [-0.2, -0.15) is 13.2 Å². The minimum atomic E-state index is -4.18. The summed E-state index contributed by atoms with van der Waals surface area (Å²) in [6.07, 6.45) is -4.18. The number of alkyl halides is 3. The fraction of sp³-hybridized carbons (Fsp3) is 0.533. The van der Waals surface area contributed by atoms with Crippen molar-refractivity contribution in [2.24, 2.45) is 4.99 Å². The molecule has 0 amide bonds. The van der Waals surface area contributed by atoms with E-state index in [4.69, 9.17) is 11.6 Å². The average molecular weight is 479 g/mol. The van der Waals surface area contributed by atoms with Gasteiger partial charge in [0.25, 0.3) is 0 Å². The van der Waals surface area contributed by atoms with Gasteiger partial charge in [-0.3, -0.25) is 9.89 Å². The standard InChI is InChI=1S/C15H22ClF3N4.HI/c1-20-14(21-7-8-22(2)11-15(17,18)19)23(3)10-12-5-4-6-13(16)9-12;/h4-6,9H,7-8,10-11H2,1-3H3,(H,20,21);1H. The number of rotatable bonds is 6. The molecule has 1 aromatic carbocycles. The second-order valence-electron chi connectivity index (χ2n) is 5.31. The van der Waals surface area contributed by atoms with E-state index in [9.17, 15) is 13.2 Å². The van der Waals surface area contributed by atoms with E-state index in [1.54, 1.807) is 13.1 Å². The summed E-state index contributed by atoms with van der Waals surface area (Å²) in [6, 6.07) is 7.48. The zero-order chi connectivity index (χ0) is 17.5. The van der Waals surface area contributed by atoms with Gasteiger partial charge in [-0.15, -0.1) is 24.0 Å². The van der Waals surface area contributed by atoms with Crippen LogP contribution >= 0.6 is 35.6 Å². The summed E-state index contributed by atoms with van der Waals surface area (Å²) in [4.78, 5) is 7.24. The lowest BCUT2D eigenvalue weighted by Crippen LogP contribution is -2.43. The van der Waals surface area contributed by atoms with Crippen molar-refractivity contribution in [3.05, 3.63) is 34.9 Å². The molecule has 0 aliphatic rings. The maximum absolute atomic E-state index is 12.3. The SMILES string of the molecule is CN=C(NCCN(C)CC(F)(F)F)N(C)Cc1cccc(Cl)c1.I. The lowest BCUT2D eigenvalue weighted by atomic mass is 10.2. The van der Waals surface area contributed by atoms with Crippen LogP contribution in [0.3, 0.4) is 0 Å². The first-order valence-corrected chi connectivity index (χ1v) is 7.50. The Morgan fingerprint density at radius 3 is 2.50 bits per heavy atom. The molecule has 0 spiro atoms. The molecule has 0 radical (unpaired) electrons. The minimum Gasteiger partial charge on any atom is -0.355 e. The van der Waals surface area contributed by atoms with Crippen LogP contribution in [0.2, 0.25) is 5.02 Å². The minimum absolute atomic E-state index is 0. The number of hydrogen-bond acceptors (Lipinski definition) is 2. The highest BCUT2D eigenvalue weighted by molar-refractivity contribution is 14.0. The molecule has 0 aromatic heterocycles. The van der Waals surface area contributed by atoms with E-state index in [1.807, 2.05) is 30.1 Å². The predicted molar refractivity (Wildman–Crippen MR) is 103 cm³/mol. The molecule has 0 unspecified atom stereocenters. The molecule has 0 aliphatic carbocycles. The third-order valence-corrected chi connectivity index (χ3v) is 3.34. The Hall–Kier alpha value is -0.740. The largest absolute Gasteiger partial charge is 0.401 e. The van der Waals surface area contributed by atoms with Crippen LogP contribution < -0.4 is 5.32 Å². The van der Waals surface area contributed by atoms with E-state index < -0.39 is 12.7 Å². The monoisotopic (exact) mass is 478 g/mol. The number of halogens is 5. The first-order valence-electron chi connectivity index (χ1n) is 7.13. The third kappa shape index (κ3) is 9.53. The van der Waals surface area contributed by atoms with Crippen molar-refractivity contribution in [3.8, 4) is 0 Å². The summed E-state index contributed by atoms with van der Waals surface area (Å²) in [5, 5.41) is 3.71. The molecule has 1 N–H and O–H groups in total. The number of aliphatic imine (C=N–C) groups is 1. The number of likely N-dealkylation sites (N-methyl/N-ethyl adjacent to an activating group) is 1. The molecule has 0 bridgehead atoms. The Bertz CT molecular complexity index is 526. The van der Waals surface area contributed by atoms with E-state index in [1.165, 1.54) is 11.9 Å². The Morgan fingerprint density at radius 2 is 1.96 bits per heavy atom. The van der Waals surface area contributed by atoms with Gasteiger partial charge in [-0.25, -0.2) is 0 Å². The van der Waals surface area contributed by atoms with Crippen LogP contribution in [0.1, 0.15) is 5.56 Å². The molecule has 0 saturated carbocycles. The second-order valence-corrected chi connectivity index (χ2v) is 5.75. The summed E-state index contributed by atoms with van der Waals surface area (Å²) in [5.74, 6) is 0.616. The Kier molecular flexibility index (Phi) is 10.6. The van der Waals surface area contributed by atoms with E-state index in [0.717, 1.165) is 5.56 Å². The summed E-state index contributed by atoms with van der Waals surface area (Å²) >= 11 is 5.95. The van der Waals surface area contributed by atoms with Gasteiger partial charge in [-0.1, -0.05) is 23.7 Å². The maximum Gasteiger partial charge on any atom is 0.401 e. The lowest BCUT2D eigenvalue weighted by Gasteiger charge is -2.24. The van der Waals surface area contributed by atoms with Gasteiger partial charge in [0, 0.05) is 38.8 Å². The molecule has 0 atom stereocenters. The van der Waals surface area contributed by atoms with Gasteiger partial charge in [0.05, 0.1) is 6.54 Å². The second kappa shape index (κ2) is 11.0.